The van der Waals surface area contributed by atoms with Crippen molar-refractivity contribution in [3.05, 3.63) is 108 Å². The van der Waals surface area contributed by atoms with Gasteiger partial charge in [0.05, 0.1) is 26.4 Å². The van der Waals surface area contributed by atoms with Gasteiger partial charge in [0.2, 0.25) is 0 Å². The Morgan fingerprint density at radius 3 is 1.53 bits per heavy atom. The van der Waals surface area contributed by atoms with Crippen LogP contribution in [0.15, 0.2) is 91.0 Å². The summed E-state index contributed by atoms with van der Waals surface area (Å²) in [5.74, 6) is 0. The summed E-state index contributed by atoms with van der Waals surface area (Å²) >= 11 is 0. The van der Waals surface area contributed by atoms with Crippen LogP contribution in [0.1, 0.15) is 16.7 Å². The summed E-state index contributed by atoms with van der Waals surface area (Å²) in [5, 5.41) is 0. The van der Waals surface area contributed by atoms with Crippen molar-refractivity contribution in [3.8, 4) is 0 Å². The third-order valence-electron chi connectivity index (χ3n) is 5.49. The molecule has 1 fully saturated rings. The van der Waals surface area contributed by atoms with Gasteiger partial charge in [0.1, 0.15) is 18.3 Å². The lowest BCUT2D eigenvalue weighted by molar-refractivity contribution is -0.293. The molecular weight excluding hydrogens is 404 g/mol. The molecule has 0 aromatic heterocycles. The maximum Gasteiger partial charge on any atom is 0.186 e. The fourth-order valence-electron chi connectivity index (χ4n) is 3.78. The standard InChI is InChI=1S/C27H30O5/c1-28-27-26(31-19-23-15-9-4-10-16-23)25(30-18-22-13-7-3-8-14-22)24(20-32-27)29-17-21-11-5-2-6-12-21/h2-16,24-27H,17-20H2,1H3/t24-,25?,26?,27-/m1/s1. The molecule has 1 aliphatic rings. The van der Waals surface area contributed by atoms with E-state index in [1.54, 1.807) is 7.11 Å². The molecule has 32 heavy (non-hydrogen) atoms. The van der Waals surface area contributed by atoms with Crippen molar-refractivity contribution < 1.29 is 23.7 Å². The number of hydrogen-bond acceptors (Lipinski definition) is 5. The largest absolute Gasteiger partial charge is 0.368 e. The van der Waals surface area contributed by atoms with E-state index < -0.39 is 12.4 Å². The SMILES string of the molecule is CO[C@@H]1OC[C@@H](OCc2ccccc2)C(OCc2ccccc2)C1OCc1ccccc1. The van der Waals surface area contributed by atoms with Crippen molar-refractivity contribution in [2.75, 3.05) is 13.7 Å². The van der Waals surface area contributed by atoms with Gasteiger partial charge in [0, 0.05) is 7.11 Å². The molecule has 0 amide bonds. The molecule has 3 aromatic rings. The van der Waals surface area contributed by atoms with Crippen molar-refractivity contribution >= 4 is 0 Å². The Hall–Kier alpha value is -2.54. The lowest BCUT2D eigenvalue weighted by Crippen LogP contribution is -2.56. The predicted molar refractivity (Wildman–Crippen MR) is 122 cm³/mol. The van der Waals surface area contributed by atoms with Crippen LogP contribution in [0.2, 0.25) is 0 Å². The highest BCUT2D eigenvalue weighted by atomic mass is 16.7. The first kappa shape index (κ1) is 22.6. The van der Waals surface area contributed by atoms with E-state index >= 15 is 0 Å². The van der Waals surface area contributed by atoms with E-state index in [1.807, 2.05) is 91.0 Å². The van der Waals surface area contributed by atoms with Crippen LogP contribution in [-0.2, 0) is 43.5 Å². The van der Waals surface area contributed by atoms with Gasteiger partial charge in [0.25, 0.3) is 0 Å². The van der Waals surface area contributed by atoms with Gasteiger partial charge in [-0.05, 0) is 16.7 Å². The van der Waals surface area contributed by atoms with E-state index in [2.05, 4.69) is 0 Å². The minimum Gasteiger partial charge on any atom is -0.368 e. The lowest BCUT2D eigenvalue weighted by Gasteiger charge is -2.41. The first-order valence-corrected chi connectivity index (χ1v) is 10.9. The molecule has 168 valence electrons. The fraction of sp³-hybridized carbons (Fsp3) is 0.333. The zero-order valence-electron chi connectivity index (χ0n) is 18.3. The van der Waals surface area contributed by atoms with Crippen LogP contribution in [0.4, 0.5) is 0 Å². The molecule has 0 saturated carbocycles. The molecular formula is C27H30O5. The van der Waals surface area contributed by atoms with E-state index in [0.717, 1.165) is 16.7 Å². The highest BCUT2D eigenvalue weighted by molar-refractivity contribution is 5.15. The maximum atomic E-state index is 6.39. The second-order valence-electron chi connectivity index (χ2n) is 7.79. The smallest absolute Gasteiger partial charge is 0.186 e. The maximum absolute atomic E-state index is 6.39. The van der Waals surface area contributed by atoms with E-state index in [1.165, 1.54) is 0 Å². The average Bonchev–Trinajstić information content (AvgIpc) is 2.87. The zero-order valence-corrected chi connectivity index (χ0v) is 18.3. The van der Waals surface area contributed by atoms with Gasteiger partial charge >= 0.3 is 0 Å². The molecule has 0 spiro atoms. The molecule has 1 saturated heterocycles. The van der Waals surface area contributed by atoms with Crippen LogP contribution in [0.3, 0.4) is 0 Å². The van der Waals surface area contributed by atoms with Gasteiger partial charge in [-0.1, -0.05) is 91.0 Å². The molecule has 4 atom stereocenters. The zero-order chi connectivity index (χ0) is 22.0. The second kappa shape index (κ2) is 11.9. The summed E-state index contributed by atoms with van der Waals surface area (Å²) in [6.07, 6.45) is -1.60. The third-order valence-corrected chi connectivity index (χ3v) is 5.49. The molecule has 0 radical (unpaired) electrons. The number of rotatable bonds is 10. The van der Waals surface area contributed by atoms with Crippen LogP contribution >= 0.6 is 0 Å². The minimum absolute atomic E-state index is 0.286. The molecule has 0 bridgehead atoms. The Labute approximate surface area is 189 Å². The van der Waals surface area contributed by atoms with Gasteiger partial charge in [-0.25, -0.2) is 0 Å². The van der Waals surface area contributed by atoms with Crippen molar-refractivity contribution in [2.24, 2.45) is 0 Å². The van der Waals surface area contributed by atoms with Crippen LogP contribution in [0, 0.1) is 0 Å². The Morgan fingerprint density at radius 1 is 0.625 bits per heavy atom. The predicted octanol–water partition coefficient (Wildman–Crippen LogP) is 4.75. The van der Waals surface area contributed by atoms with Crippen molar-refractivity contribution in [3.63, 3.8) is 0 Å². The molecule has 1 aliphatic heterocycles. The van der Waals surface area contributed by atoms with E-state index in [9.17, 15) is 0 Å². The molecule has 1 heterocycles. The second-order valence-corrected chi connectivity index (χ2v) is 7.79. The number of hydrogen-bond donors (Lipinski definition) is 0. The highest BCUT2D eigenvalue weighted by Crippen LogP contribution is 2.27. The summed E-state index contributed by atoms with van der Waals surface area (Å²) in [6.45, 7) is 1.74. The lowest BCUT2D eigenvalue weighted by atomic mass is 10.0. The Balaban J connectivity index is 1.49. The van der Waals surface area contributed by atoms with Crippen LogP contribution in [-0.4, -0.2) is 38.3 Å². The van der Waals surface area contributed by atoms with Gasteiger partial charge in [-0.2, -0.15) is 0 Å². The molecule has 0 aliphatic carbocycles. The summed E-state index contributed by atoms with van der Waals surface area (Å²) in [6, 6.07) is 30.3. The summed E-state index contributed by atoms with van der Waals surface area (Å²) in [5.41, 5.74) is 3.28. The van der Waals surface area contributed by atoms with E-state index in [0.29, 0.717) is 26.4 Å². The highest BCUT2D eigenvalue weighted by Gasteiger charge is 2.43. The first-order chi connectivity index (χ1) is 15.8. The Bertz CT molecular complexity index is 903. The van der Waals surface area contributed by atoms with Crippen molar-refractivity contribution in [1.82, 2.24) is 0 Å². The summed E-state index contributed by atoms with van der Waals surface area (Å²) in [4.78, 5) is 0. The fourth-order valence-corrected chi connectivity index (χ4v) is 3.78. The minimum atomic E-state index is -0.531. The average molecular weight is 435 g/mol. The van der Waals surface area contributed by atoms with Crippen molar-refractivity contribution in [2.45, 2.75) is 44.4 Å². The summed E-state index contributed by atoms with van der Waals surface area (Å²) < 4.78 is 30.5. The Morgan fingerprint density at radius 2 is 1.06 bits per heavy atom. The molecule has 0 N–H and O–H groups in total. The van der Waals surface area contributed by atoms with Crippen LogP contribution in [0.25, 0.3) is 0 Å². The van der Waals surface area contributed by atoms with Crippen molar-refractivity contribution in [1.29, 1.82) is 0 Å². The van der Waals surface area contributed by atoms with Gasteiger partial charge in [-0.3, -0.25) is 0 Å². The third kappa shape index (κ3) is 6.25. The van der Waals surface area contributed by atoms with E-state index in [-0.39, 0.29) is 12.2 Å². The van der Waals surface area contributed by atoms with Gasteiger partial charge in [-0.15, -0.1) is 0 Å². The normalized spacial score (nSPS) is 23.2. The number of ether oxygens (including phenoxy) is 5. The van der Waals surface area contributed by atoms with Crippen LogP contribution < -0.4 is 0 Å². The first-order valence-electron chi connectivity index (χ1n) is 10.9. The van der Waals surface area contributed by atoms with Gasteiger partial charge < -0.3 is 23.7 Å². The molecule has 3 aromatic carbocycles. The molecule has 5 heteroatoms. The van der Waals surface area contributed by atoms with Crippen LogP contribution in [0.5, 0.6) is 0 Å². The quantitative estimate of drug-likeness (QED) is 0.461. The van der Waals surface area contributed by atoms with Gasteiger partial charge in [0.15, 0.2) is 6.29 Å². The molecule has 2 unspecified atom stereocenters. The molecule has 4 rings (SSSR count). The number of methoxy groups -OCH3 is 1. The monoisotopic (exact) mass is 434 g/mol. The molecule has 5 nitrogen and oxygen atoms in total. The summed E-state index contributed by atoms with van der Waals surface area (Å²) in [7, 11) is 1.63. The topological polar surface area (TPSA) is 46.2 Å². The Kier molecular flexibility index (Phi) is 8.42. The van der Waals surface area contributed by atoms with E-state index in [4.69, 9.17) is 23.7 Å². The number of benzene rings is 3.